The minimum Gasteiger partial charge on any atom is -0.456 e. The van der Waals surface area contributed by atoms with E-state index in [0.29, 0.717) is 0 Å². The second-order valence-electron chi connectivity index (χ2n) is 16.3. The molecule has 1 atom stereocenters. The maximum absolute atomic E-state index is 7.09. The zero-order chi connectivity index (χ0) is 38.7. The average Bonchev–Trinajstić information content (AvgIpc) is 3.76. The molecule has 0 bridgehead atoms. The van der Waals surface area contributed by atoms with Gasteiger partial charge in [0.15, 0.2) is 0 Å². The van der Waals surface area contributed by atoms with Gasteiger partial charge in [-0.3, -0.25) is 0 Å². The molecule has 0 N–H and O–H groups in total. The highest BCUT2D eigenvalue weighted by Gasteiger charge is 2.52. The van der Waals surface area contributed by atoms with E-state index in [-0.39, 0.29) is 0 Å². The molecule has 2 aliphatic carbocycles. The Hall–Kier alpha value is -7.48. The monoisotopic (exact) mass is 748 g/mol. The second-order valence-corrected chi connectivity index (χ2v) is 16.3. The highest BCUT2D eigenvalue weighted by Crippen LogP contribution is 2.64. The molecule has 10 aromatic rings. The largest absolute Gasteiger partial charge is 0.456 e. The van der Waals surface area contributed by atoms with Crippen LogP contribution in [0.25, 0.3) is 54.9 Å². The van der Waals surface area contributed by atoms with Gasteiger partial charge in [0.25, 0.3) is 0 Å². The van der Waals surface area contributed by atoms with Gasteiger partial charge in [0.2, 0.25) is 0 Å². The second kappa shape index (κ2) is 12.0. The van der Waals surface area contributed by atoms with Crippen LogP contribution in [0.3, 0.4) is 0 Å². The summed E-state index contributed by atoms with van der Waals surface area (Å²) in [7, 11) is 0. The smallest absolute Gasteiger partial charge is 0.140 e. The van der Waals surface area contributed by atoms with Gasteiger partial charge in [-0.05, 0) is 113 Å². The minimum atomic E-state index is -0.566. The lowest BCUT2D eigenvalue weighted by Crippen LogP contribution is -2.32. The number of benzene rings is 10. The van der Waals surface area contributed by atoms with E-state index in [0.717, 1.165) is 16.9 Å². The van der Waals surface area contributed by atoms with Crippen LogP contribution in [-0.2, 0) is 10.8 Å². The molecule has 1 unspecified atom stereocenters. The van der Waals surface area contributed by atoms with E-state index >= 15 is 0 Å². The fraction of sp³-hybridized carbons (Fsp3) is 0.0345. The first-order valence-corrected chi connectivity index (χ1v) is 20.6. The summed E-state index contributed by atoms with van der Waals surface area (Å²) in [4.78, 5) is 0. The van der Waals surface area contributed by atoms with Crippen molar-refractivity contribution in [2.75, 3.05) is 0 Å². The number of fused-ring (bicyclic) bond motifs is 15. The lowest BCUT2D eigenvalue weighted by atomic mass is 9.65. The molecule has 0 fully saturated rings. The Bertz CT molecular complexity index is 3330. The van der Waals surface area contributed by atoms with Crippen molar-refractivity contribution >= 4 is 21.5 Å². The predicted octanol–water partition coefficient (Wildman–Crippen LogP) is 14.5. The Kier molecular flexibility index (Phi) is 6.64. The summed E-state index contributed by atoms with van der Waals surface area (Å²) in [6, 6.07) is 81.1. The Labute approximate surface area is 343 Å². The van der Waals surface area contributed by atoms with Crippen LogP contribution in [0.4, 0.5) is 0 Å². The van der Waals surface area contributed by atoms with Crippen molar-refractivity contribution in [2.24, 2.45) is 0 Å². The average molecular weight is 749 g/mol. The molecule has 1 nitrogen and oxygen atoms in total. The molecule has 1 aliphatic heterocycles. The van der Waals surface area contributed by atoms with Crippen molar-refractivity contribution < 1.29 is 4.74 Å². The van der Waals surface area contributed by atoms with E-state index in [1.54, 1.807) is 0 Å². The molecular formula is C58H36O. The first-order valence-electron chi connectivity index (χ1n) is 20.6. The molecule has 0 aromatic heterocycles. The molecule has 0 radical (unpaired) electrons. The van der Waals surface area contributed by atoms with E-state index in [9.17, 15) is 0 Å². The third kappa shape index (κ3) is 4.19. The Morgan fingerprint density at radius 1 is 0.288 bits per heavy atom. The van der Waals surface area contributed by atoms with Gasteiger partial charge in [-0.2, -0.15) is 0 Å². The zero-order valence-corrected chi connectivity index (χ0v) is 32.2. The van der Waals surface area contributed by atoms with Crippen LogP contribution in [0.15, 0.2) is 218 Å². The summed E-state index contributed by atoms with van der Waals surface area (Å²) in [5.41, 5.74) is 16.5. The van der Waals surface area contributed by atoms with Gasteiger partial charge < -0.3 is 4.74 Å². The molecule has 1 heteroatoms. The standard InChI is InChI=1S/C58H36O/c1-2-20-40(21-3-1)57(49-28-11-10-26-45(49)48-34-37-17-4-5-18-38(37)35-53(48)57)41-22-16-19-39(33-41)47-36-54-56(46-27-7-6-23-42(46)47)59-55-32-15-14-31-52(55)58(54)50-29-12-8-24-43(50)44-25-9-13-30-51(44)58/h1-36H. The summed E-state index contributed by atoms with van der Waals surface area (Å²) in [6.45, 7) is 0. The van der Waals surface area contributed by atoms with Gasteiger partial charge in [-0.1, -0.05) is 188 Å². The van der Waals surface area contributed by atoms with Crippen LogP contribution in [0.1, 0.15) is 44.5 Å². The molecule has 13 rings (SSSR count). The lowest BCUT2D eigenvalue weighted by molar-refractivity contribution is 0.442. The van der Waals surface area contributed by atoms with Gasteiger partial charge in [0.05, 0.1) is 10.8 Å². The SMILES string of the molecule is c1ccc(C2(c3cccc(-c4cc5c(c6ccccc46)Oc4ccccc4C54c5ccccc5-c5ccccc54)c3)c3ccccc3-c3cc4ccccc4cc32)cc1. The van der Waals surface area contributed by atoms with E-state index < -0.39 is 10.8 Å². The molecule has 0 saturated carbocycles. The first kappa shape index (κ1) is 32.6. The molecule has 1 spiro atoms. The first-order chi connectivity index (χ1) is 29.3. The van der Waals surface area contributed by atoms with Gasteiger partial charge in [0.1, 0.15) is 11.5 Å². The maximum Gasteiger partial charge on any atom is 0.140 e. The van der Waals surface area contributed by atoms with Crippen LogP contribution in [-0.4, -0.2) is 0 Å². The molecule has 59 heavy (non-hydrogen) atoms. The van der Waals surface area contributed by atoms with Crippen molar-refractivity contribution in [3.63, 3.8) is 0 Å². The molecule has 3 aliphatic rings. The summed E-state index contributed by atoms with van der Waals surface area (Å²) < 4.78 is 7.09. The Morgan fingerprint density at radius 2 is 0.831 bits per heavy atom. The summed E-state index contributed by atoms with van der Waals surface area (Å²) in [5, 5.41) is 4.79. The van der Waals surface area contributed by atoms with Gasteiger partial charge >= 0.3 is 0 Å². The third-order valence-corrected chi connectivity index (χ3v) is 13.6. The van der Waals surface area contributed by atoms with Crippen molar-refractivity contribution in [3.05, 3.63) is 263 Å². The van der Waals surface area contributed by atoms with E-state index in [4.69, 9.17) is 4.74 Å². The fourth-order valence-electron chi connectivity index (χ4n) is 11.3. The van der Waals surface area contributed by atoms with Gasteiger partial charge in [-0.15, -0.1) is 0 Å². The molecule has 10 aromatic carbocycles. The van der Waals surface area contributed by atoms with Crippen LogP contribution in [0.5, 0.6) is 11.5 Å². The fourth-order valence-corrected chi connectivity index (χ4v) is 11.3. The molecular weight excluding hydrogens is 713 g/mol. The normalized spacial score (nSPS) is 16.1. The molecule has 274 valence electrons. The van der Waals surface area contributed by atoms with Gasteiger partial charge in [0, 0.05) is 16.5 Å². The van der Waals surface area contributed by atoms with Crippen molar-refractivity contribution in [3.8, 4) is 44.9 Å². The van der Waals surface area contributed by atoms with Crippen LogP contribution in [0.2, 0.25) is 0 Å². The summed E-state index contributed by atoms with van der Waals surface area (Å²) in [6.07, 6.45) is 0. The van der Waals surface area contributed by atoms with Crippen molar-refractivity contribution in [1.29, 1.82) is 0 Å². The van der Waals surface area contributed by atoms with Crippen LogP contribution >= 0.6 is 0 Å². The number of ether oxygens (including phenoxy) is 1. The maximum atomic E-state index is 7.09. The van der Waals surface area contributed by atoms with Crippen LogP contribution in [0, 0.1) is 0 Å². The Morgan fingerprint density at radius 3 is 1.56 bits per heavy atom. The summed E-state index contributed by atoms with van der Waals surface area (Å²) >= 11 is 0. The highest BCUT2D eigenvalue weighted by atomic mass is 16.5. The number of hydrogen-bond donors (Lipinski definition) is 0. The van der Waals surface area contributed by atoms with Crippen molar-refractivity contribution in [1.82, 2.24) is 0 Å². The molecule has 1 heterocycles. The Balaban J connectivity index is 1.13. The van der Waals surface area contributed by atoms with Crippen molar-refractivity contribution in [2.45, 2.75) is 10.8 Å². The third-order valence-electron chi connectivity index (χ3n) is 13.6. The lowest BCUT2D eigenvalue weighted by Gasteiger charge is -2.40. The van der Waals surface area contributed by atoms with E-state index in [2.05, 4.69) is 218 Å². The highest BCUT2D eigenvalue weighted by molar-refractivity contribution is 6.04. The molecule has 0 amide bonds. The topological polar surface area (TPSA) is 9.23 Å². The van der Waals surface area contributed by atoms with E-state index in [1.807, 2.05) is 0 Å². The quantitative estimate of drug-likeness (QED) is 0.175. The minimum absolute atomic E-state index is 0.538. The van der Waals surface area contributed by atoms with E-state index in [1.165, 1.54) is 94.0 Å². The number of hydrogen-bond acceptors (Lipinski definition) is 1. The molecule has 0 saturated heterocycles. The zero-order valence-electron chi connectivity index (χ0n) is 32.2. The number of rotatable bonds is 3. The number of para-hydroxylation sites is 1. The predicted molar refractivity (Wildman–Crippen MR) is 242 cm³/mol. The summed E-state index contributed by atoms with van der Waals surface area (Å²) in [5.74, 6) is 1.83. The van der Waals surface area contributed by atoms with Crippen LogP contribution < -0.4 is 4.74 Å². The van der Waals surface area contributed by atoms with Gasteiger partial charge in [-0.25, -0.2) is 0 Å².